The van der Waals surface area contributed by atoms with Gasteiger partial charge >= 0.3 is 0 Å². The molecule has 0 aliphatic rings. The lowest BCUT2D eigenvalue weighted by atomic mass is 10.1. The summed E-state index contributed by atoms with van der Waals surface area (Å²) in [6, 6.07) is 11.5. The molecule has 1 N–H and O–H groups in total. The second kappa shape index (κ2) is 6.75. The highest BCUT2D eigenvalue weighted by Crippen LogP contribution is 2.23. The zero-order valence-electron chi connectivity index (χ0n) is 14.6. The number of nitro benzene ring substituents is 1. The van der Waals surface area contributed by atoms with E-state index in [2.05, 4.69) is 15.3 Å². The van der Waals surface area contributed by atoms with Gasteiger partial charge in [0.25, 0.3) is 11.2 Å². The third-order valence-electron chi connectivity index (χ3n) is 4.10. The van der Waals surface area contributed by atoms with Crippen molar-refractivity contribution in [2.24, 2.45) is 10.2 Å². The number of hydrogen-bond donors (Lipinski definition) is 1. The average molecular weight is 351 g/mol. The van der Waals surface area contributed by atoms with Gasteiger partial charge in [-0.15, -0.1) is 5.11 Å². The van der Waals surface area contributed by atoms with E-state index in [0.29, 0.717) is 17.1 Å². The maximum absolute atomic E-state index is 12.7. The van der Waals surface area contributed by atoms with Gasteiger partial charge in [-0.1, -0.05) is 12.1 Å². The second-order valence-corrected chi connectivity index (χ2v) is 5.97. The predicted octanol–water partition coefficient (Wildman–Crippen LogP) is 4.41. The minimum atomic E-state index is -0.507. The molecule has 0 saturated carbocycles. The molecule has 0 aliphatic carbocycles. The monoisotopic (exact) mass is 351 g/mol. The SMILES string of the molecule is Cc1ccc(-n2[nH]c(C)c(N=Nc3cccc([N+](=O)[O-])c3)c2=O)cc1C. The highest BCUT2D eigenvalue weighted by atomic mass is 16.6. The number of H-pyrrole nitrogens is 1. The quantitative estimate of drug-likeness (QED) is 0.427. The molecule has 8 heteroatoms. The normalized spacial score (nSPS) is 11.2. The van der Waals surface area contributed by atoms with Crippen LogP contribution in [-0.2, 0) is 0 Å². The van der Waals surface area contributed by atoms with Gasteiger partial charge in [-0.05, 0) is 50.1 Å². The molecule has 0 atom stereocenters. The number of benzene rings is 2. The van der Waals surface area contributed by atoms with E-state index >= 15 is 0 Å². The van der Waals surface area contributed by atoms with Gasteiger partial charge in [-0.2, -0.15) is 5.11 Å². The maximum Gasteiger partial charge on any atom is 0.299 e. The highest BCUT2D eigenvalue weighted by Gasteiger charge is 2.13. The van der Waals surface area contributed by atoms with Crippen molar-refractivity contribution in [1.29, 1.82) is 0 Å². The van der Waals surface area contributed by atoms with E-state index in [1.54, 1.807) is 13.0 Å². The van der Waals surface area contributed by atoms with Crippen LogP contribution < -0.4 is 5.56 Å². The van der Waals surface area contributed by atoms with Crippen molar-refractivity contribution >= 4 is 17.1 Å². The summed E-state index contributed by atoms with van der Waals surface area (Å²) >= 11 is 0. The standard InChI is InChI=1S/C18H17N5O3/c1-11-7-8-15(9-12(11)2)22-18(24)17(13(3)21-22)20-19-14-5-4-6-16(10-14)23(25)26/h4-10,21H,1-3H3. The van der Waals surface area contributed by atoms with Crippen molar-refractivity contribution in [2.75, 3.05) is 0 Å². The van der Waals surface area contributed by atoms with Gasteiger partial charge in [-0.25, -0.2) is 4.68 Å². The molecule has 2 aromatic carbocycles. The van der Waals surface area contributed by atoms with E-state index in [9.17, 15) is 14.9 Å². The summed E-state index contributed by atoms with van der Waals surface area (Å²) in [6.07, 6.45) is 0. The molecule has 0 saturated heterocycles. The number of nitro groups is 1. The Bertz CT molecular complexity index is 1080. The molecule has 1 aromatic heterocycles. The summed E-state index contributed by atoms with van der Waals surface area (Å²) in [4.78, 5) is 23.0. The first-order valence-electron chi connectivity index (χ1n) is 7.92. The van der Waals surface area contributed by atoms with Crippen LogP contribution in [0.15, 0.2) is 57.5 Å². The Morgan fingerprint density at radius 3 is 2.50 bits per heavy atom. The fourth-order valence-electron chi connectivity index (χ4n) is 2.48. The van der Waals surface area contributed by atoms with Crippen molar-refractivity contribution in [2.45, 2.75) is 20.8 Å². The van der Waals surface area contributed by atoms with Gasteiger partial charge in [0.2, 0.25) is 0 Å². The van der Waals surface area contributed by atoms with Crippen LogP contribution in [0.2, 0.25) is 0 Å². The fraction of sp³-hybridized carbons (Fsp3) is 0.167. The summed E-state index contributed by atoms with van der Waals surface area (Å²) in [5, 5.41) is 21.8. The fourth-order valence-corrected chi connectivity index (χ4v) is 2.48. The van der Waals surface area contributed by atoms with E-state index in [1.165, 1.54) is 22.9 Å². The van der Waals surface area contributed by atoms with Crippen molar-refractivity contribution in [1.82, 2.24) is 9.78 Å². The number of aryl methyl sites for hydroxylation is 3. The number of nitrogens with zero attached hydrogens (tertiary/aromatic N) is 4. The third kappa shape index (κ3) is 3.30. The predicted molar refractivity (Wildman–Crippen MR) is 97.9 cm³/mol. The van der Waals surface area contributed by atoms with E-state index in [0.717, 1.165) is 11.1 Å². The average Bonchev–Trinajstić information content (AvgIpc) is 2.90. The first kappa shape index (κ1) is 17.3. The zero-order valence-corrected chi connectivity index (χ0v) is 14.6. The Morgan fingerprint density at radius 2 is 1.81 bits per heavy atom. The molecule has 0 bridgehead atoms. The lowest BCUT2D eigenvalue weighted by Gasteiger charge is -2.05. The summed E-state index contributed by atoms with van der Waals surface area (Å²) < 4.78 is 1.41. The van der Waals surface area contributed by atoms with Crippen molar-refractivity contribution in [3.63, 3.8) is 0 Å². The lowest BCUT2D eigenvalue weighted by molar-refractivity contribution is -0.384. The highest BCUT2D eigenvalue weighted by molar-refractivity contribution is 5.48. The minimum absolute atomic E-state index is 0.0835. The smallest absolute Gasteiger partial charge is 0.293 e. The topological polar surface area (TPSA) is 106 Å². The van der Waals surface area contributed by atoms with Crippen LogP contribution in [0.4, 0.5) is 17.1 Å². The Kier molecular flexibility index (Phi) is 4.49. The molecular formula is C18H17N5O3. The van der Waals surface area contributed by atoms with Gasteiger partial charge in [0.15, 0.2) is 5.69 Å². The molecule has 132 valence electrons. The van der Waals surface area contributed by atoms with Crippen LogP contribution >= 0.6 is 0 Å². The molecule has 0 radical (unpaired) electrons. The molecule has 3 rings (SSSR count). The molecule has 0 fully saturated rings. The molecule has 0 aliphatic heterocycles. The van der Waals surface area contributed by atoms with Gasteiger partial charge in [0.05, 0.1) is 22.0 Å². The molecular weight excluding hydrogens is 334 g/mol. The number of aromatic amines is 1. The van der Waals surface area contributed by atoms with E-state index in [1.807, 2.05) is 32.0 Å². The lowest BCUT2D eigenvalue weighted by Crippen LogP contribution is -2.14. The first-order valence-corrected chi connectivity index (χ1v) is 7.92. The van der Waals surface area contributed by atoms with Gasteiger partial charge in [0, 0.05) is 12.1 Å². The van der Waals surface area contributed by atoms with Crippen LogP contribution in [0.25, 0.3) is 5.69 Å². The third-order valence-corrected chi connectivity index (χ3v) is 4.10. The molecule has 26 heavy (non-hydrogen) atoms. The summed E-state index contributed by atoms with van der Waals surface area (Å²) in [6.45, 7) is 5.70. The Labute approximate surface area is 149 Å². The van der Waals surface area contributed by atoms with Crippen LogP contribution in [0.1, 0.15) is 16.8 Å². The Morgan fingerprint density at radius 1 is 1.04 bits per heavy atom. The number of azo groups is 1. The zero-order chi connectivity index (χ0) is 18.8. The van der Waals surface area contributed by atoms with Crippen molar-refractivity contribution < 1.29 is 4.92 Å². The van der Waals surface area contributed by atoms with Gasteiger partial charge in [-0.3, -0.25) is 20.0 Å². The molecule has 8 nitrogen and oxygen atoms in total. The van der Waals surface area contributed by atoms with Gasteiger partial charge in [0.1, 0.15) is 0 Å². The number of rotatable bonds is 4. The molecule has 3 aromatic rings. The molecule has 1 heterocycles. The molecule has 0 spiro atoms. The Hall–Kier alpha value is -3.55. The molecule has 0 unspecified atom stereocenters. The van der Waals surface area contributed by atoms with E-state index < -0.39 is 4.92 Å². The summed E-state index contributed by atoms with van der Waals surface area (Å²) in [7, 11) is 0. The van der Waals surface area contributed by atoms with Crippen molar-refractivity contribution in [3.05, 3.63) is 79.8 Å². The maximum atomic E-state index is 12.7. The van der Waals surface area contributed by atoms with Gasteiger partial charge < -0.3 is 0 Å². The first-order chi connectivity index (χ1) is 12.4. The molecule has 0 amide bonds. The van der Waals surface area contributed by atoms with Crippen molar-refractivity contribution in [3.8, 4) is 5.69 Å². The Balaban J connectivity index is 1.98. The van der Waals surface area contributed by atoms with Crippen LogP contribution in [0.3, 0.4) is 0 Å². The largest absolute Gasteiger partial charge is 0.299 e. The van der Waals surface area contributed by atoms with Crippen LogP contribution in [0, 0.1) is 30.9 Å². The van der Waals surface area contributed by atoms with Crippen LogP contribution in [-0.4, -0.2) is 14.7 Å². The summed E-state index contributed by atoms with van der Waals surface area (Å²) in [5.74, 6) is 0. The number of aromatic nitrogens is 2. The van der Waals surface area contributed by atoms with E-state index in [4.69, 9.17) is 0 Å². The number of hydrogen-bond acceptors (Lipinski definition) is 5. The summed E-state index contributed by atoms with van der Waals surface area (Å²) in [5.41, 5.74) is 3.52. The second-order valence-electron chi connectivity index (χ2n) is 5.97. The number of nitrogens with one attached hydrogen (secondary N) is 1. The number of non-ortho nitro benzene ring substituents is 1. The minimum Gasteiger partial charge on any atom is -0.293 e. The van der Waals surface area contributed by atoms with E-state index in [-0.39, 0.29) is 16.9 Å². The van der Waals surface area contributed by atoms with Crippen LogP contribution in [0.5, 0.6) is 0 Å².